The summed E-state index contributed by atoms with van der Waals surface area (Å²) in [6, 6.07) is 1.92. The van der Waals surface area contributed by atoms with Crippen molar-refractivity contribution >= 4 is 28.0 Å². The number of hydrogen-bond acceptors (Lipinski definition) is 5. The smallest absolute Gasteiger partial charge is 0.188 e. The Kier molecular flexibility index (Phi) is 3.28. The van der Waals surface area contributed by atoms with Gasteiger partial charge in [0.15, 0.2) is 5.13 Å². The molecule has 0 saturated carbocycles. The minimum Gasteiger partial charge on any atom is -0.397 e. The van der Waals surface area contributed by atoms with E-state index in [-0.39, 0.29) is 0 Å². The third-order valence-corrected chi connectivity index (χ3v) is 3.28. The lowest BCUT2D eigenvalue weighted by atomic mass is 10.2. The van der Waals surface area contributed by atoms with Crippen LogP contribution >= 0.6 is 11.3 Å². The normalized spacial score (nSPS) is 10.8. The van der Waals surface area contributed by atoms with E-state index >= 15 is 0 Å². The summed E-state index contributed by atoms with van der Waals surface area (Å²) in [6.45, 7) is 6.22. The van der Waals surface area contributed by atoms with Crippen LogP contribution in [0, 0.1) is 6.92 Å². The summed E-state index contributed by atoms with van der Waals surface area (Å²) in [6.07, 6.45) is 1.66. The Labute approximate surface area is 105 Å². The van der Waals surface area contributed by atoms with Gasteiger partial charge in [0, 0.05) is 5.38 Å². The van der Waals surface area contributed by atoms with Crippen molar-refractivity contribution in [2.45, 2.75) is 26.7 Å². The first-order chi connectivity index (χ1) is 8.06. The summed E-state index contributed by atoms with van der Waals surface area (Å²) in [4.78, 5) is 8.71. The standard InChI is InChI=1S/C12H16N4S/c1-7(2)10-6-17-12(15-10)16-11-4-8(3)9(13)5-14-11/h4-7H,13H2,1-3H3,(H,14,15,16). The number of nitrogens with two attached hydrogens (primary N) is 1. The number of aromatic nitrogens is 2. The fourth-order valence-corrected chi connectivity index (χ4v) is 2.23. The van der Waals surface area contributed by atoms with Crippen LogP contribution in [0.1, 0.15) is 31.0 Å². The van der Waals surface area contributed by atoms with E-state index in [9.17, 15) is 0 Å². The molecule has 0 aromatic carbocycles. The Balaban J connectivity index is 2.16. The molecule has 0 unspecified atom stereocenters. The molecule has 90 valence electrons. The Morgan fingerprint density at radius 3 is 2.76 bits per heavy atom. The highest BCUT2D eigenvalue weighted by molar-refractivity contribution is 7.13. The Hall–Kier alpha value is -1.62. The van der Waals surface area contributed by atoms with E-state index in [1.807, 2.05) is 13.0 Å². The Morgan fingerprint density at radius 1 is 1.41 bits per heavy atom. The molecule has 5 heteroatoms. The second-order valence-corrected chi connectivity index (χ2v) is 5.14. The SMILES string of the molecule is Cc1cc(Nc2nc(C(C)C)cs2)ncc1N. The molecule has 0 saturated heterocycles. The highest BCUT2D eigenvalue weighted by Crippen LogP contribution is 2.24. The summed E-state index contributed by atoms with van der Waals surface area (Å²) in [5.41, 5.74) is 8.55. The lowest BCUT2D eigenvalue weighted by Gasteiger charge is -2.04. The summed E-state index contributed by atoms with van der Waals surface area (Å²) < 4.78 is 0. The van der Waals surface area contributed by atoms with Gasteiger partial charge in [-0.15, -0.1) is 11.3 Å². The molecule has 17 heavy (non-hydrogen) atoms. The van der Waals surface area contributed by atoms with Crippen molar-refractivity contribution in [2.75, 3.05) is 11.1 Å². The van der Waals surface area contributed by atoms with Gasteiger partial charge in [0.2, 0.25) is 0 Å². The minimum absolute atomic E-state index is 0.447. The van der Waals surface area contributed by atoms with E-state index in [4.69, 9.17) is 5.73 Å². The molecule has 4 nitrogen and oxygen atoms in total. The molecule has 0 aliphatic heterocycles. The number of anilines is 3. The Morgan fingerprint density at radius 2 is 2.18 bits per heavy atom. The highest BCUT2D eigenvalue weighted by Gasteiger charge is 2.06. The van der Waals surface area contributed by atoms with Gasteiger partial charge in [-0.1, -0.05) is 13.8 Å². The maximum absolute atomic E-state index is 5.72. The van der Waals surface area contributed by atoms with Crippen molar-refractivity contribution in [1.29, 1.82) is 0 Å². The zero-order valence-corrected chi connectivity index (χ0v) is 11.0. The molecule has 2 aromatic heterocycles. The van der Waals surface area contributed by atoms with Crippen LogP contribution in [0.4, 0.5) is 16.6 Å². The van der Waals surface area contributed by atoms with Gasteiger partial charge in [-0.2, -0.15) is 0 Å². The number of rotatable bonds is 3. The molecular weight excluding hydrogens is 232 g/mol. The fraction of sp³-hybridized carbons (Fsp3) is 0.333. The summed E-state index contributed by atoms with van der Waals surface area (Å²) >= 11 is 1.59. The van der Waals surface area contributed by atoms with Gasteiger partial charge in [-0.05, 0) is 24.5 Å². The molecule has 2 aromatic rings. The summed E-state index contributed by atoms with van der Waals surface area (Å²) in [5.74, 6) is 1.23. The van der Waals surface area contributed by atoms with Crippen LogP contribution in [0.3, 0.4) is 0 Å². The second-order valence-electron chi connectivity index (χ2n) is 4.28. The van der Waals surface area contributed by atoms with Gasteiger partial charge in [0.1, 0.15) is 5.82 Å². The zero-order chi connectivity index (χ0) is 12.4. The molecule has 0 radical (unpaired) electrons. The molecular formula is C12H16N4S. The molecule has 0 atom stereocenters. The van der Waals surface area contributed by atoms with Crippen LogP contribution in [0.25, 0.3) is 0 Å². The van der Waals surface area contributed by atoms with Crippen LogP contribution in [-0.2, 0) is 0 Å². The fourth-order valence-electron chi connectivity index (χ4n) is 1.35. The number of nitrogen functional groups attached to an aromatic ring is 1. The lowest BCUT2D eigenvalue weighted by molar-refractivity contribution is 0.834. The number of pyridine rings is 1. The Bertz CT molecular complexity index is 519. The number of hydrogen-bond donors (Lipinski definition) is 2. The largest absolute Gasteiger partial charge is 0.397 e. The number of aryl methyl sites for hydroxylation is 1. The molecule has 0 aliphatic carbocycles. The van der Waals surface area contributed by atoms with Crippen LogP contribution in [0.15, 0.2) is 17.6 Å². The van der Waals surface area contributed by atoms with E-state index in [1.54, 1.807) is 17.5 Å². The van der Waals surface area contributed by atoms with Crippen molar-refractivity contribution in [3.8, 4) is 0 Å². The third kappa shape index (κ3) is 2.74. The van der Waals surface area contributed by atoms with Crippen molar-refractivity contribution < 1.29 is 0 Å². The number of nitrogens with zero attached hydrogens (tertiary/aromatic N) is 2. The second kappa shape index (κ2) is 4.71. The molecule has 2 rings (SSSR count). The third-order valence-electron chi connectivity index (χ3n) is 2.50. The van der Waals surface area contributed by atoms with Crippen LogP contribution in [0.5, 0.6) is 0 Å². The molecule has 0 amide bonds. The first kappa shape index (κ1) is 11.9. The van der Waals surface area contributed by atoms with E-state index in [0.29, 0.717) is 11.6 Å². The molecule has 0 spiro atoms. The summed E-state index contributed by atoms with van der Waals surface area (Å²) in [7, 11) is 0. The average molecular weight is 248 g/mol. The van der Waals surface area contributed by atoms with Gasteiger partial charge in [-0.25, -0.2) is 9.97 Å². The summed E-state index contributed by atoms with van der Waals surface area (Å²) in [5, 5.41) is 6.12. The minimum atomic E-state index is 0.447. The van der Waals surface area contributed by atoms with E-state index in [1.165, 1.54) is 0 Å². The number of thiazole rings is 1. The first-order valence-electron chi connectivity index (χ1n) is 5.51. The predicted octanol–water partition coefficient (Wildman–Crippen LogP) is 3.30. The average Bonchev–Trinajstić information content (AvgIpc) is 2.72. The zero-order valence-electron chi connectivity index (χ0n) is 10.2. The lowest BCUT2D eigenvalue weighted by Crippen LogP contribution is -1.97. The maximum atomic E-state index is 5.72. The van der Waals surface area contributed by atoms with Crippen LogP contribution < -0.4 is 11.1 Å². The van der Waals surface area contributed by atoms with Gasteiger partial charge in [0.05, 0.1) is 17.6 Å². The quantitative estimate of drug-likeness (QED) is 0.874. The molecule has 3 N–H and O–H groups in total. The monoisotopic (exact) mass is 248 g/mol. The van der Waals surface area contributed by atoms with Crippen LogP contribution in [-0.4, -0.2) is 9.97 Å². The van der Waals surface area contributed by atoms with Crippen molar-refractivity contribution in [2.24, 2.45) is 0 Å². The molecule has 0 fully saturated rings. The van der Waals surface area contributed by atoms with Gasteiger partial charge in [-0.3, -0.25) is 0 Å². The predicted molar refractivity (Wildman–Crippen MR) is 72.9 cm³/mol. The molecule has 0 aliphatic rings. The van der Waals surface area contributed by atoms with Gasteiger partial charge < -0.3 is 11.1 Å². The first-order valence-corrected chi connectivity index (χ1v) is 6.39. The number of nitrogens with one attached hydrogen (secondary N) is 1. The van der Waals surface area contributed by atoms with Crippen molar-refractivity contribution in [3.63, 3.8) is 0 Å². The van der Waals surface area contributed by atoms with E-state index in [0.717, 1.165) is 22.2 Å². The molecule has 0 bridgehead atoms. The van der Waals surface area contributed by atoms with Crippen LogP contribution in [0.2, 0.25) is 0 Å². The van der Waals surface area contributed by atoms with Crippen molar-refractivity contribution in [1.82, 2.24) is 9.97 Å². The maximum Gasteiger partial charge on any atom is 0.188 e. The van der Waals surface area contributed by atoms with E-state index < -0.39 is 0 Å². The topological polar surface area (TPSA) is 63.8 Å². The van der Waals surface area contributed by atoms with Gasteiger partial charge in [0.25, 0.3) is 0 Å². The highest BCUT2D eigenvalue weighted by atomic mass is 32.1. The van der Waals surface area contributed by atoms with Gasteiger partial charge >= 0.3 is 0 Å². The van der Waals surface area contributed by atoms with Crippen molar-refractivity contribution in [3.05, 3.63) is 28.9 Å². The van der Waals surface area contributed by atoms with E-state index in [2.05, 4.69) is 34.5 Å². The molecule has 2 heterocycles.